The van der Waals surface area contributed by atoms with E-state index in [9.17, 15) is 23.9 Å². The van der Waals surface area contributed by atoms with Crippen molar-refractivity contribution in [3.8, 4) is 11.4 Å². The molecule has 0 spiro atoms. The predicted molar refractivity (Wildman–Crippen MR) is 116 cm³/mol. The standard InChI is InChI=1S/C22H16FN3O4S/c1-12-4-2-3-5-15(12)19-25-20-18(16(11-31-20)22(29)30)21(28)26(19)10-17(27)24-14-8-6-13(23)7-9-14/h2-9,11H,10H2,1H3,(H,24,27)(H,29,30). The van der Waals surface area contributed by atoms with Gasteiger partial charge in [-0.2, -0.15) is 0 Å². The number of aromatic nitrogens is 2. The molecular weight excluding hydrogens is 421 g/mol. The average Bonchev–Trinajstić information content (AvgIpc) is 3.17. The Morgan fingerprint density at radius 2 is 1.87 bits per heavy atom. The minimum Gasteiger partial charge on any atom is -0.478 e. The van der Waals surface area contributed by atoms with E-state index in [-0.39, 0.29) is 21.6 Å². The number of carboxylic acid groups (broad SMARTS) is 1. The highest BCUT2D eigenvalue weighted by molar-refractivity contribution is 7.17. The zero-order valence-corrected chi connectivity index (χ0v) is 17.1. The fourth-order valence-electron chi connectivity index (χ4n) is 3.24. The number of halogens is 1. The van der Waals surface area contributed by atoms with Gasteiger partial charge in [-0.05, 0) is 36.8 Å². The summed E-state index contributed by atoms with van der Waals surface area (Å²) in [5, 5.41) is 13.4. The first-order valence-corrected chi connectivity index (χ1v) is 10.1. The van der Waals surface area contributed by atoms with E-state index in [4.69, 9.17) is 0 Å². The van der Waals surface area contributed by atoms with Gasteiger partial charge in [-0.25, -0.2) is 14.2 Å². The number of nitrogens with zero attached hydrogens (tertiary/aromatic N) is 2. The van der Waals surface area contributed by atoms with Crippen LogP contribution >= 0.6 is 11.3 Å². The van der Waals surface area contributed by atoms with Gasteiger partial charge < -0.3 is 10.4 Å². The molecule has 2 N–H and O–H groups in total. The largest absolute Gasteiger partial charge is 0.478 e. The molecule has 7 nitrogen and oxygen atoms in total. The van der Waals surface area contributed by atoms with E-state index in [1.165, 1.54) is 34.2 Å². The quantitative estimate of drug-likeness (QED) is 0.493. The van der Waals surface area contributed by atoms with Crippen molar-refractivity contribution in [2.75, 3.05) is 5.32 Å². The van der Waals surface area contributed by atoms with Gasteiger partial charge in [0.05, 0.1) is 10.9 Å². The summed E-state index contributed by atoms with van der Waals surface area (Å²) >= 11 is 1.06. The van der Waals surface area contributed by atoms with Crippen LogP contribution in [-0.4, -0.2) is 26.5 Å². The van der Waals surface area contributed by atoms with Crippen LogP contribution in [-0.2, 0) is 11.3 Å². The molecule has 0 aliphatic rings. The maximum absolute atomic E-state index is 13.3. The number of amides is 1. The molecule has 2 heterocycles. The maximum Gasteiger partial charge on any atom is 0.337 e. The van der Waals surface area contributed by atoms with E-state index in [0.29, 0.717) is 11.3 Å². The highest BCUT2D eigenvalue weighted by atomic mass is 32.1. The Morgan fingerprint density at radius 3 is 2.55 bits per heavy atom. The van der Waals surface area contributed by atoms with Crippen molar-refractivity contribution < 1.29 is 19.1 Å². The number of aromatic carboxylic acids is 1. The van der Waals surface area contributed by atoms with Gasteiger partial charge in [0.25, 0.3) is 5.56 Å². The summed E-state index contributed by atoms with van der Waals surface area (Å²) in [7, 11) is 0. The van der Waals surface area contributed by atoms with E-state index in [0.717, 1.165) is 16.9 Å². The first kappa shape index (κ1) is 20.4. The Morgan fingerprint density at radius 1 is 1.16 bits per heavy atom. The summed E-state index contributed by atoms with van der Waals surface area (Å²) in [6, 6.07) is 12.5. The number of benzene rings is 2. The van der Waals surface area contributed by atoms with Crippen molar-refractivity contribution in [3.63, 3.8) is 0 Å². The number of aryl methyl sites for hydroxylation is 1. The van der Waals surface area contributed by atoms with Crippen molar-refractivity contribution >= 4 is 39.1 Å². The van der Waals surface area contributed by atoms with Gasteiger partial charge in [0.2, 0.25) is 5.91 Å². The minimum absolute atomic E-state index is 0.0376. The number of carbonyl (C=O) groups excluding carboxylic acids is 1. The van der Waals surface area contributed by atoms with Gasteiger partial charge in [0.15, 0.2) is 0 Å². The molecule has 0 atom stereocenters. The van der Waals surface area contributed by atoms with Crippen LogP contribution < -0.4 is 10.9 Å². The van der Waals surface area contributed by atoms with Gasteiger partial charge in [-0.1, -0.05) is 24.3 Å². The van der Waals surface area contributed by atoms with Crippen LogP contribution in [0, 0.1) is 12.7 Å². The molecule has 0 aliphatic heterocycles. The number of hydrogen-bond acceptors (Lipinski definition) is 5. The number of carboxylic acids is 1. The summed E-state index contributed by atoms with van der Waals surface area (Å²) in [6.07, 6.45) is 0. The monoisotopic (exact) mass is 437 g/mol. The molecule has 0 saturated heterocycles. The number of carbonyl (C=O) groups is 2. The molecule has 0 radical (unpaired) electrons. The van der Waals surface area contributed by atoms with Gasteiger partial charge >= 0.3 is 5.97 Å². The number of thiophene rings is 1. The zero-order chi connectivity index (χ0) is 22.1. The lowest BCUT2D eigenvalue weighted by Crippen LogP contribution is -2.30. The molecule has 2 aromatic heterocycles. The molecular formula is C22H16FN3O4S. The van der Waals surface area contributed by atoms with Crippen LogP contribution in [0.15, 0.2) is 58.7 Å². The van der Waals surface area contributed by atoms with Gasteiger partial charge in [0, 0.05) is 16.6 Å². The molecule has 156 valence electrons. The van der Waals surface area contributed by atoms with Crippen molar-refractivity contribution in [2.45, 2.75) is 13.5 Å². The third-order valence-electron chi connectivity index (χ3n) is 4.74. The summed E-state index contributed by atoms with van der Waals surface area (Å²) in [5.74, 6) is -1.94. The predicted octanol–water partition coefficient (Wildman–Crippen LogP) is 3.91. The van der Waals surface area contributed by atoms with E-state index < -0.39 is 29.8 Å². The Kier molecular flexibility index (Phi) is 5.35. The average molecular weight is 437 g/mol. The normalized spacial score (nSPS) is 10.9. The zero-order valence-electron chi connectivity index (χ0n) is 16.3. The Balaban J connectivity index is 1.84. The SMILES string of the molecule is Cc1ccccc1-c1nc2scc(C(=O)O)c2c(=O)n1CC(=O)Nc1ccc(F)cc1. The molecule has 0 saturated carbocycles. The second-order valence-electron chi connectivity index (χ2n) is 6.83. The molecule has 0 unspecified atom stereocenters. The van der Waals surface area contributed by atoms with Gasteiger partial charge in [0.1, 0.15) is 23.0 Å². The molecule has 1 amide bonds. The van der Waals surface area contributed by atoms with Crippen molar-refractivity contribution in [2.24, 2.45) is 0 Å². The smallest absolute Gasteiger partial charge is 0.337 e. The van der Waals surface area contributed by atoms with E-state index in [1.54, 1.807) is 12.1 Å². The third kappa shape index (κ3) is 3.95. The van der Waals surface area contributed by atoms with E-state index in [2.05, 4.69) is 10.3 Å². The number of nitrogens with one attached hydrogen (secondary N) is 1. The maximum atomic E-state index is 13.3. The number of anilines is 1. The second-order valence-corrected chi connectivity index (χ2v) is 7.69. The second kappa shape index (κ2) is 8.11. The molecule has 4 rings (SSSR count). The van der Waals surface area contributed by atoms with Crippen molar-refractivity contribution in [1.82, 2.24) is 9.55 Å². The first-order valence-electron chi connectivity index (χ1n) is 9.22. The van der Waals surface area contributed by atoms with Crippen LogP contribution in [0.25, 0.3) is 21.6 Å². The van der Waals surface area contributed by atoms with Gasteiger partial charge in [-0.3, -0.25) is 14.2 Å². The van der Waals surface area contributed by atoms with Gasteiger partial charge in [-0.15, -0.1) is 11.3 Å². The lowest BCUT2D eigenvalue weighted by Gasteiger charge is -2.14. The minimum atomic E-state index is -1.24. The molecule has 0 fully saturated rings. The molecule has 2 aromatic carbocycles. The summed E-state index contributed by atoms with van der Waals surface area (Å²) < 4.78 is 14.3. The Bertz CT molecular complexity index is 1380. The summed E-state index contributed by atoms with van der Waals surface area (Å²) in [4.78, 5) is 42.3. The van der Waals surface area contributed by atoms with Crippen LogP contribution in [0.3, 0.4) is 0 Å². The van der Waals surface area contributed by atoms with Crippen LogP contribution in [0.5, 0.6) is 0 Å². The fraction of sp³-hybridized carbons (Fsp3) is 0.0909. The number of fused-ring (bicyclic) bond motifs is 1. The van der Waals surface area contributed by atoms with Crippen molar-refractivity contribution in [3.05, 3.63) is 81.2 Å². The first-order chi connectivity index (χ1) is 14.8. The molecule has 4 aromatic rings. The third-order valence-corrected chi connectivity index (χ3v) is 5.61. The molecule has 31 heavy (non-hydrogen) atoms. The van der Waals surface area contributed by atoms with E-state index in [1.807, 2.05) is 19.1 Å². The summed E-state index contributed by atoms with van der Waals surface area (Å²) in [5.41, 5.74) is 1.10. The molecule has 0 aliphatic carbocycles. The van der Waals surface area contributed by atoms with Crippen LogP contribution in [0.2, 0.25) is 0 Å². The number of rotatable bonds is 5. The van der Waals surface area contributed by atoms with E-state index >= 15 is 0 Å². The highest BCUT2D eigenvalue weighted by Gasteiger charge is 2.22. The molecule has 9 heteroatoms. The fourth-order valence-corrected chi connectivity index (χ4v) is 4.14. The lowest BCUT2D eigenvalue weighted by molar-refractivity contribution is -0.116. The lowest BCUT2D eigenvalue weighted by atomic mass is 10.1. The number of hydrogen-bond donors (Lipinski definition) is 2. The molecule has 0 bridgehead atoms. The summed E-state index contributed by atoms with van der Waals surface area (Å²) in [6.45, 7) is 1.46. The van der Waals surface area contributed by atoms with Crippen LogP contribution in [0.4, 0.5) is 10.1 Å². The Hall–Kier alpha value is -3.85. The van der Waals surface area contributed by atoms with Crippen molar-refractivity contribution in [1.29, 1.82) is 0 Å². The topological polar surface area (TPSA) is 101 Å². The van der Waals surface area contributed by atoms with Crippen LogP contribution in [0.1, 0.15) is 15.9 Å². The highest BCUT2D eigenvalue weighted by Crippen LogP contribution is 2.27. The Labute approximate surface area is 179 Å².